The summed E-state index contributed by atoms with van der Waals surface area (Å²) in [6.07, 6.45) is 3.01. The van der Waals surface area contributed by atoms with E-state index < -0.39 is 28.7 Å². The van der Waals surface area contributed by atoms with Crippen LogP contribution in [0.15, 0.2) is 30.9 Å². The van der Waals surface area contributed by atoms with Gasteiger partial charge in [0.15, 0.2) is 0 Å². The van der Waals surface area contributed by atoms with Gasteiger partial charge in [0.1, 0.15) is 6.04 Å². The third-order valence-electron chi connectivity index (χ3n) is 7.31. The quantitative estimate of drug-likeness (QED) is 0.430. The van der Waals surface area contributed by atoms with Crippen LogP contribution in [0.1, 0.15) is 32.3 Å². The van der Waals surface area contributed by atoms with Gasteiger partial charge in [0, 0.05) is 11.8 Å². The molecule has 3 heterocycles. The minimum atomic E-state index is -0.836. The zero-order chi connectivity index (χ0) is 24.8. The van der Waals surface area contributed by atoms with Crippen LogP contribution in [0.25, 0.3) is 0 Å². The van der Waals surface area contributed by atoms with E-state index in [1.54, 1.807) is 42.7 Å². The first-order valence-corrected chi connectivity index (χ1v) is 12.9. The fourth-order valence-electron chi connectivity index (χ4n) is 5.97. The molecular weight excluding hydrogens is 476 g/mol. The molecule has 0 radical (unpaired) electrons. The number of amides is 2. The molecule has 1 aromatic rings. The Bertz CT molecular complexity index is 999. The number of carbonyl (C=O) groups excluding carboxylic acids is 3. The molecule has 3 aliphatic heterocycles. The molecule has 0 aromatic heterocycles. The zero-order valence-corrected chi connectivity index (χ0v) is 21.3. The van der Waals surface area contributed by atoms with Gasteiger partial charge in [-0.2, -0.15) is 0 Å². The van der Waals surface area contributed by atoms with Gasteiger partial charge in [0.05, 0.1) is 46.5 Å². The largest absolute Gasteiger partial charge is 0.466 e. The second kappa shape index (κ2) is 9.55. The molecule has 3 aliphatic rings. The average molecular weight is 507 g/mol. The number of anilines is 1. The van der Waals surface area contributed by atoms with Crippen LogP contribution in [-0.4, -0.2) is 69.6 Å². The summed E-state index contributed by atoms with van der Waals surface area (Å²) in [6, 6.07) is 4.02. The fraction of sp³-hybridized carbons (Fsp3) is 0.560. The molecule has 0 aliphatic carbocycles. The minimum Gasteiger partial charge on any atom is -0.466 e. The van der Waals surface area contributed by atoms with Gasteiger partial charge in [0.25, 0.3) is 5.91 Å². The Balaban J connectivity index is 1.83. The maximum Gasteiger partial charge on any atom is 0.310 e. The summed E-state index contributed by atoms with van der Waals surface area (Å²) in [7, 11) is 0. The smallest absolute Gasteiger partial charge is 0.310 e. The van der Waals surface area contributed by atoms with Crippen LogP contribution >= 0.6 is 23.4 Å². The van der Waals surface area contributed by atoms with Crippen LogP contribution in [-0.2, 0) is 19.1 Å². The molecule has 2 amide bonds. The van der Waals surface area contributed by atoms with E-state index >= 15 is 0 Å². The lowest BCUT2D eigenvalue weighted by Crippen LogP contribution is -2.57. The van der Waals surface area contributed by atoms with Crippen molar-refractivity contribution in [3.05, 3.63) is 41.4 Å². The van der Waals surface area contributed by atoms with Crippen molar-refractivity contribution in [1.82, 2.24) is 4.90 Å². The molecule has 0 saturated carbocycles. The molecule has 34 heavy (non-hydrogen) atoms. The number of thioether (sulfide) groups is 1. The van der Waals surface area contributed by atoms with Gasteiger partial charge in [-0.1, -0.05) is 29.8 Å². The van der Waals surface area contributed by atoms with Crippen molar-refractivity contribution in [2.45, 2.75) is 55.7 Å². The number of esters is 1. The van der Waals surface area contributed by atoms with Gasteiger partial charge in [-0.15, -0.1) is 18.3 Å². The predicted molar refractivity (Wildman–Crippen MR) is 133 cm³/mol. The molecule has 1 aromatic carbocycles. The number of aliphatic hydroxyl groups excluding tert-OH is 1. The summed E-state index contributed by atoms with van der Waals surface area (Å²) in [4.78, 5) is 44.2. The van der Waals surface area contributed by atoms with E-state index in [4.69, 9.17) is 16.3 Å². The molecule has 7 nitrogen and oxygen atoms in total. The summed E-state index contributed by atoms with van der Waals surface area (Å²) in [5.41, 5.74) is 1.41. The lowest BCUT2D eigenvalue weighted by molar-refractivity contribution is -0.154. The van der Waals surface area contributed by atoms with Gasteiger partial charge < -0.3 is 19.6 Å². The highest BCUT2D eigenvalue weighted by molar-refractivity contribution is 8.02. The van der Waals surface area contributed by atoms with Crippen molar-refractivity contribution in [3.8, 4) is 0 Å². The topological polar surface area (TPSA) is 87.2 Å². The SMILES string of the molecule is C=CCN(C(=O)C1N([C@H](C)CO)C(=O)[C@@H]2[C@@H](C(=O)OCC)[C@H]3CCC12S3)c1c(C)cccc1Cl. The number of aryl methyl sites for hydroxylation is 1. The molecule has 9 heteroatoms. The van der Waals surface area contributed by atoms with Crippen LogP contribution in [0.4, 0.5) is 5.69 Å². The number of fused-ring (bicyclic) bond motifs is 1. The van der Waals surface area contributed by atoms with E-state index in [2.05, 4.69) is 6.58 Å². The van der Waals surface area contributed by atoms with Crippen LogP contribution in [0.2, 0.25) is 5.02 Å². The van der Waals surface area contributed by atoms with E-state index in [-0.39, 0.29) is 42.8 Å². The van der Waals surface area contributed by atoms with Crippen LogP contribution < -0.4 is 4.90 Å². The zero-order valence-electron chi connectivity index (χ0n) is 19.7. The van der Waals surface area contributed by atoms with E-state index in [0.29, 0.717) is 17.1 Å². The molecular formula is C25H31ClN2O5S. The molecule has 1 spiro atoms. The Morgan fingerprint density at radius 3 is 2.82 bits per heavy atom. The second-order valence-electron chi connectivity index (χ2n) is 9.23. The second-order valence-corrected chi connectivity index (χ2v) is 11.2. The Hall–Kier alpha value is -2.03. The van der Waals surface area contributed by atoms with Crippen molar-refractivity contribution in [2.75, 3.05) is 24.7 Å². The average Bonchev–Trinajstić information content (AvgIpc) is 3.45. The highest BCUT2D eigenvalue weighted by Crippen LogP contribution is 2.67. The van der Waals surface area contributed by atoms with Crippen molar-refractivity contribution in [2.24, 2.45) is 11.8 Å². The van der Waals surface area contributed by atoms with E-state index in [0.717, 1.165) is 12.0 Å². The first-order chi connectivity index (χ1) is 16.2. The molecule has 4 rings (SSSR count). The number of carbonyl (C=O) groups is 3. The Morgan fingerprint density at radius 1 is 1.47 bits per heavy atom. The van der Waals surface area contributed by atoms with Crippen LogP contribution in [0.5, 0.6) is 0 Å². The summed E-state index contributed by atoms with van der Waals surface area (Å²) >= 11 is 8.11. The molecule has 2 unspecified atom stereocenters. The fourth-order valence-corrected chi connectivity index (χ4v) is 8.48. The number of rotatable bonds is 8. The van der Waals surface area contributed by atoms with Crippen LogP contribution in [0.3, 0.4) is 0 Å². The number of benzene rings is 1. The summed E-state index contributed by atoms with van der Waals surface area (Å²) < 4.78 is 4.58. The number of nitrogens with zero attached hydrogens (tertiary/aromatic N) is 2. The lowest BCUT2D eigenvalue weighted by Gasteiger charge is -2.39. The molecule has 1 N–H and O–H groups in total. The van der Waals surface area contributed by atoms with Crippen LogP contribution in [0, 0.1) is 18.8 Å². The van der Waals surface area contributed by atoms with E-state index in [1.165, 1.54) is 4.90 Å². The lowest BCUT2D eigenvalue weighted by atomic mass is 9.71. The standard InChI is InChI=1S/C25H31ClN2O5S/c1-5-12-27(20-14(3)8-7-9-16(20)26)23(31)21-25-11-10-17(34-25)18(24(32)33-6-2)19(25)22(30)28(21)15(4)13-29/h5,7-9,15,17-19,21,29H,1,6,10-13H2,2-4H3/t15-,17-,18+,19+,21?,25?/m1/s1. The predicted octanol–water partition coefficient (Wildman–Crippen LogP) is 3.20. The molecule has 184 valence electrons. The third-order valence-corrected chi connectivity index (χ3v) is 9.56. The van der Waals surface area contributed by atoms with Crippen molar-refractivity contribution >= 4 is 46.8 Å². The van der Waals surface area contributed by atoms with Gasteiger partial charge in [0.2, 0.25) is 5.91 Å². The maximum atomic E-state index is 14.4. The van der Waals surface area contributed by atoms with Crippen molar-refractivity contribution in [3.63, 3.8) is 0 Å². The summed E-state index contributed by atoms with van der Waals surface area (Å²) in [6.45, 7) is 9.34. The highest BCUT2D eigenvalue weighted by atomic mass is 35.5. The maximum absolute atomic E-state index is 14.4. The third kappa shape index (κ3) is 3.65. The molecule has 3 saturated heterocycles. The van der Waals surface area contributed by atoms with Gasteiger partial charge in [-0.3, -0.25) is 14.4 Å². The molecule has 2 bridgehead atoms. The van der Waals surface area contributed by atoms with Gasteiger partial charge in [-0.25, -0.2) is 0 Å². The Labute approximate surface area is 209 Å². The molecule has 3 fully saturated rings. The summed E-state index contributed by atoms with van der Waals surface area (Å²) in [5, 5.41) is 10.4. The van der Waals surface area contributed by atoms with Crippen molar-refractivity contribution in [1.29, 1.82) is 0 Å². The Kier molecular flexibility index (Phi) is 7.04. The number of para-hydroxylation sites is 1. The number of hydrogen-bond donors (Lipinski definition) is 1. The Morgan fingerprint density at radius 2 is 2.21 bits per heavy atom. The number of halogens is 1. The minimum absolute atomic E-state index is 0.0650. The molecule has 6 atom stereocenters. The first-order valence-electron chi connectivity index (χ1n) is 11.7. The number of aliphatic hydroxyl groups is 1. The van der Waals surface area contributed by atoms with Gasteiger partial charge in [-0.05, 0) is 45.2 Å². The first kappa shape index (κ1) is 25.1. The number of hydrogen-bond acceptors (Lipinski definition) is 6. The number of ether oxygens (including phenoxy) is 1. The summed E-state index contributed by atoms with van der Waals surface area (Å²) in [5.74, 6) is -2.16. The number of likely N-dealkylation sites (tertiary alicyclic amines) is 1. The van der Waals surface area contributed by atoms with Crippen molar-refractivity contribution < 1.29 is 24.2 Å². The van der Waals surface area contributed by atoms with E-state index in [9.17, 15) is 19.5 Å². The normalized spacial score (nSPS) is 30.3. The van der Waals surface area contributed by atoms with E-state index in [1.807, 2.05) is 19.1 Å². The monoisotopic (exact) mass is 506 g/mol. The van der Waals surface area contributed by atoms with Gasteiger partial charge >= 0.3 is 5.97 Å². The highest BCUT2D eigenvalue weighted by Gasteiger charge is 2.74.